The molecule has 3 N–H and O–H groups in total. The van der Waals surface area contributed by atoms with Crippen LogP contribution in [0.4, 0.5) is 11.4 Å². The minimum Gasteiger partial charge on any atom is -0.398 e. The number of fused-ring (bicyclic) bond motifs is 1. The van der Waals surface area contributed by atoms with Crippen molar-refractivity contribution in [1.82, 2.24) is 4.98 Å². The Labute approximate surface area is 113 Å². The summed E-state index contributed by atoms with van der Waals surface area (Å²) < 4.78 is 1.22. The van der Waals surface area contributed by atoms with E-state index in [-0.39, 0.29) is 0 Å². The zero-order valence-corrected chi connectivity index (χ0v) is 11.6. The third-order valence-corrected chi connectivity index (χ3v) is 4.60. The molecule has 3 aromatic rings. The summed E-state index contributed by atoms with van der Waals surface area (Å²) in [7, 11) is 0. The average Bonchev–Trinajstić information content (AvgIpc) is 2.90. The number of thiazole rings is 1. The third kappa shape index (κ3) is 2.19. The monoisotopic (exact) mass is 275 g/mol. The first-order valence-electron chi connectivity index (χ1n) is 5.65. The number of thiophene rings is 1. The number of nitrogen functional groups attached to an aromatic ring is 1. The van der Waals surface area contributed by atoms with E-state index in [1.807, 2.05) is 18.4 Å². The van der Waals surface area contributed by atoms with E-state index in [2.05, 4.69) is 28.5 Å². The van der Waals surface area contributed by atoms with Gasteiger partial charge in [-0.3, -0.25) is 0 Å². The van der Waals surface area contributed by atoms with Crippen molar-refractivity contribution in [2.45, 2.75) is 13.5 Å². The zero-order chi connectivity index (χ0) is 12.5. The van der Waals surface area contributed by atoms with Crippen LogP contribution in [-0.2, 0) is 6.54 Å². The summed E-state index contributed by atoms with van der Waals surface area (Å²) in [5.41, 5.74) is 8.90. The quantitative estimate of drug-likeness (QED) is 0.763. The topological polar surface area (TPSA) is 50.9 Å². The van der Waals surface area contributed by atoms with Gasteiger partial charge in [-0.15, -0.1) is 22.7 Å². The number of nitrogens with one attached hydrogen (secondary N) is 1. The number of aryl methyl sites for hydroxylation is 1. The Morgan fingerprint density at radius 1 is 1.33 bits per heavy atom. The lowest BCUT2D eigenvalue weighted by atomic mass is 10.3. The fourth-order valence-electron chi connectivity index (χ4n) is 1.83. The summed E-state index contributed by atoms with van der Waals surface area (Å²) in [6, 6.07) is 8.20. The van der Waals surface area contributed by atoms with Crippen LogP contribution >= 0.6 is 22.7 Å². The Morgan fingerprint density at radius 3 is 3.00 bits per heavy atom. The van der Waals surface area contributed by atoms with E-state index in [9.17, 15) is 0 Å². The summed E-state index contributed by atoms with van der Waals surface area (Å²) in [4.78, 5) is 5.63. The summed E-state index contributed by atoms with van der Waals surface area (Å²) in [6.45, 7) is 2.80. The molecule has 1 aromatic carbocycles. The first kappa shape index (κ1) is 11.5. The van der Waals surface area contributed by atoms with Crippen LogP contribution in [0.1, 0.15) is 9.88 Å². The first-order valence-corrected chi connectivity index (χ1v) is 7.35. The predicted molar refractivity (Wildman–Crippen MR) is 80.4 cm³/mol. The maximum absolute atomic E-state index is 5.86. The maximum Gasteiger partial charge on any atom is 0.0907 e. The maximum atomic E-state index is 5.86. The summed E-state index contributed by atoms with van der Waals surface area (Å²) in [5, 5.41) is 6.52. The molecule has 2 heterocycles. The molecule has 2 aromatic heterocycles. The molecule has 0 bridgehead atoms. The Bertz CT molecular complexity index is 684. The van der Waals surface area contributed by atoms with Crippen LogP contribution in [0.3, 0.4) is 0 Å². The molecule has 5 heteroatoms. The summed E-state index contributed by atoms with van der Waals surface area (Å²) >= 11 is 3.40. The van der Waals surface area contributed by atoms with Crippen LogP contribution in [0.15, 0.2) is 29.6 Å². The molecule has 0 spiro atoms. The van der Waals surface area contributed by atoms with Crippen molar-refractivity contribution in [3.05, 3.63) is 39.5 Å². The number of rotatable bonds is 3. The smallest absolute Gasteiger partial charge is 0.0907 e. The molecule has 0 aliphatic rings. The molecule has 3 nitrogen and oxygen atoms in total. The molecule has 0 atom stereocenters. The average molecular weight is 275 g/mol. The standard InChI is InChI=1S/C13H13N3S2/c1-8-16-11-3-2-9(6-12(11)18-8)15-7-13-10(14)4-5-17-13/h2-6,15H,7,14H2,1H3. The Balaban J connectivity index is 1.80. The third-order valence-electron chi connectivity index (χ3n) is 2.73. The van der Waals surface area contributed by atoms with Gasteiger partial charge in [-0.25, -0.2) is 4.98 Å². The molecule has 0 saturated carbocycles. The molecule has 0 fully saturated rings. The largest absolute Gasteiger partial charge is 0.398 e. The fourth-order valence-corrected chi connectivity index (χ4v) is 3.43. The number of nitrogens with zero attached hydrogens (tertiary/aromatic N) is 1. The highest BCUT2D eigenvalue weighted by molar-refractivity contribution is 7.18. The van der Waals surface area contributed by atoms with Gasteiger partial charge >= 0.3 is 0 Å². The zero-order valence-electron chi connectivity index (χ0n) is 9.93. The van der Waals surface area contributed by atoms with Crippen molar-refractivity contribution in [3.63, 3.8) is 0 Å². The van der Waals surface area contributed by atoms with Gasteiger partial charge < -0.3 is 11.1 Å². The van der Waals surface area contributed by atoms with Gasteiger partial charge in [0.15, 0.2) is 0 Å². The Hall–Kier alpha value is -1.59. The predicted octanol–water partition coefficient (Wildman–Crippen LogP) is 3.86. The number of aromatic nitrogens is 1. The molecule has 0 amide bonds. The number of benzene rings is 1. The van der Waals surface area contributed by atoms with E-state index in [0.717, 1.165) is 28.4 Å². The van der Waals surface area contributed by atoms with E-state index in [1.165, 1.54) is 9.58 Å². The van der Waals surface area contributed by atoms with Crippen LogP contribution in [0.25, 0.3) is 10.2 Å². The molecule has 0 saturated heterocycles. The molecule has 0 unspecified atom stereocenters. The van der Waals surface area contributed by atoms with E-state index < -0.39 is 0 Å². The lowest BCUT2D eigenvalue weighted by Gasteiger charge is -2.05. The molecule has 3 rings (SSSR count). The van der Waals surface area contributed by atoms with Crippen molar-refractivity contribution < 1.29 is 0 Å². The lowest BCUT2D eigenvalue weighted by Crippen LogP contribution is -1.99. The summed E-state index contributed by atoms with van der Waals surface area (Å²) in [6.07, 6.45) is 0. The van der Waals surface area contributed by atoms with Gasteiger partial charge in [-0.2, -0.15) is 0 Å². The minimum atomic E-state index is 0.771. The van der Waals surface area contributed by atoms with Gasteiger partial charge in [0.2, 0.25) is 0 Å². The molecule has 0 aliphatic heterocycles. The molecule has 92 valence electrons. The SMILES string of the molecule is Cc1nc2ccc(NCc3sccc3N)cc2s1. The summed E-state index contributed by atoms with van der Waals surface area (Å²) in [5.74, 6) is 0. The molecule has 18 heavy (non-hydrogen) atoms. The fraction of sp³-hybridized carbons (Fsp3) is 0.154. The number of anilines is 2. The minimum absolute atomic E-state index is 0.771. The van der Waals surface area contributed by atoms with Gasteiger partial charge in [-0.05, 0) is 36.6 Å². The second-order valence-electron chi connectivity index (χ2n) is 4.07. The Kier molecular flexibility index (Phi) is 2.93. The van der Waals surface area contributed by atoms with Crippen LogP contribution < -0.4 is 11.1 Å². The number of hydrogen-bond donors (Lipinski definition) is 2. The molecular weight excluding hydrogens is 262 g/mol. The van der Waals surface area contributed by atoms with Crippen molar-refractivity contribution in [2.75, 3.05) is 11.1 Å². The van der Waals surface area contributed by atoms with Crippen molar-refractivity contribution in [2.24, 2.45) is 0 Å². The van der Waals surface area contributed by atoms with Gasteiger partial charge in [-0.1, -0.05) is 0 Å². The highest BCUT2D eigenvalue weighted by Gasteiger charge is 2.03. The second-order valence-corrected chi connectivity index (χ2v) is 6.30. The molecular formula is C13H13N3S2. The first-order chi connectivity index (χ1) is 8.72. The highest BCUT2D eigenvalue weighted by atomic mass is 32.1. The number of nitrogens with two attached hydrogens (primary N) is 1. The van der Waals surface area contributed by atoms with E-state index in [4.69, 9.17) is 5.73 Å². The van der Waals surface area contributed by atoms with Gasteiger partial charge in [0.1, 0.15) is 0 Å². The van der Waals surface area contributed by atoms with Crippen molar-refractivity contribution >= 4 is 44.3 Å². The normalized spacial score (nSPS) is 10.9. The Morgan fingerprint density at radius 2 is 2.22 bits per heavy atom. The van der Waals surface area contributed by atoms with Crippen LogP contribution in [-0.4, -0.2) is 4.98 Å². The number of hydrogen-bond acceptors (Lipinski definition) is 5. The van der Waals surface area contributed by atoms with Crippen LogP contribution in [0.5, 0.6) is 0 Å². The second kappa shape index (κ2) is 4.59. The van der Waals surface area contributed by atoms with Gasteiger partial charge in [0.25, 0.3) is 0 Å². The van der Waals surface area contributed by atoms with Gasteiger partial charge in [0.05, 0.1) is 21.8 Å². The van der Waals surface area contributed by atoms with E-state index >= 15 is 0 Å². The molecule has 0 radical (unpaired) electrons. The molecule has 0 aliphatic carbocycles. The van der Waals surface area contributed by atoms with E-state index in [1.54, 1.807) is 22.7 Å². The van der Waals surface area contributed by atoms with Gasteiger partial charge in [0, 0.05) is 16.3 Å². The lowest BCUT2D eigenvalue weighted by molar-refractivity contribution is 1.20. The van der Waals surface area contributed by atoms with Crippen LogP contribution in [0, 0.1) is 6.92 Å². The highest BCUT2D eigenvalue weighted by Crippen LogP contribution is 2.26. The van der Waals surface area contributed by atoms with E-state index in [0.29, 0.717) is 0 Å². The van der Waals surface area contributed by atoms with Crippen molar-refractivity contribution in [1.29, 1.82) is 0 Å². The van der Waals surface area contributed by atoms with Crippen molar-refractivity contribution in [3.8, 4) is 0 Å². The van der Waals surface area contributed by atoms with Crippen LogP contribution in [0.2, 0.25) is 0 Å².